The normalized spacial score (nSPS) is 15.2. The number of thiophene rings is 1. The number of nitrogens with zero attached hydrogens (tertiary/aromatic N) is 1. The number of rotatable bonds is 4. The van der Waals surface area contributed by atoms with Crippen molar-refractivity contribution in [1.82, 2.24) is 9.62 Å². The summed E-state index contributed by atoms with van der Waals surface area (Å²) in [6.07, 6.45) is 1.56. The predicted octanol–water partition coefficient (Wildman–Crippen LogP) is 0.627. The average molecular weight is 249 g/mol. The van der Waals surface area contributed by atoms with Crippen LogP contribution in [0.1, 0.15) is 4.88 Å². The van der Waals surface area contributed by atoms with Crippen molar-refractivity contribution in [2.24, 2.45) is 5.14 Å². The third-order valence-electron chi connectivity index (χ3n) is 2.12. The van der Waals surface area contributed by atoms with E-state index in [0.29, 0.717) is 4.21 Å². The number of nitrogens with one attached hydrogen (secondary N) is 1. The van der Waals surface area contributed by atoms with E-state index in [1.165, 1.54) is 11.3 Å². The number of hydrogen-bond acceptors (Lipinski definition) is 3. The van der Waals surface area contributed by atoms with Crippen LogP contribution in [0.25, 0.3) is 0 Å². The lowest BCUT2D eigenvalue weighted by molar-refractivity contribution is 0.406. The Balaban J connectivity index is 3.00. The van der Waals surface area contributed by atoms with Gasteiger partial charge in [0.15, 0.2) is 0 Å². The molecule has 4 nitrogen and oxygen atoms in total. The van der Waals surface area contributed by atoms with Gasteiger partial charge < -0.3 is 4.90 Å². The molecule has 88 valence electrons. The highest BCUT2D eigenvalue weighted by Crippen LogP contribution is 2.30. The lowest BCUT2D eigenvalue weighted by Gasteiger charge is -2.31. The summed E-state index contributed by atoms with van der Waals surface area (Å²) in [5.41, 5.74) is 0. The summed E-state index contributed by atoms with van der Waals surface area (Å²) in [4.78, 5) is 3.23. The smallest absolute Gasteiger partial charge is 0.0946 e. The Morgan fingerprint density at radius 2 is 2.13 bits per heavy atom. The summed E-state index contributed by atoms with van der Waals surface area (Å²) in [5, 5.41) is 5.86. The van der Waals surface area contributed by atoms with E-state index in [9.17, 15) is 4.21 Å². The van der Waals surface area contributed by atoms with Gasteiger partial charge in [-0.2, -0.15) is 0 Å². The molecule has 3 N–H and O–H groups in total. The van der Waals surface area contributed by atoms with Crippen LogP contribution in [0.15, 0.2) is 16.3 Å². The molecule has 0 aromatic carbocycles. The van der Waals surface area contributed by atoms with E-state index in [0.717, 1.165) is 11.4 Å². The van der Waals surface area contributed by atoms with Crippen molar-refractivity contribution in [3.63, 3.8) is 0 Å². The van der Waals surface area contributed by atoms with E-state index in [4.69, 9.17) is 5.14 Å². The molecule has 0 aliphatic carbocycles. The SMILES string of the molecule is CNS(C)(N)(=O)c1ccc(CN(C)C)s1. The molecular weight excluding hydrogens is 230 g/mol. The first kappa shape index (κ1) is 12.8. The van der Waals surface area contributed by atoms with Gasteiger partial charge in [0.1, 0.15) is 0 Å². The highest BCUT2D eigenvalue weighted by atomic mass is 32.3. The second-order valence-electron chi connectivity index (χ2n) is 4.07. The van der Waals surface area contributed by atoms with Gasteiger partial charge >= 0.3 is 0 Å². The maximum atomic E-state index is 12.3. The van der Waals surface area contributed by atoms with Crippen LogP contribution in [-0.2, 0) is 16.0 Å². The van der Waals surface area contributed by atoms with Gasteiger partial charge in [0, 0.05) is 27.1 Å². The fourth-order valence-corrected chi connectivity index (χ4v) is 3.99. The molecule has 0 saturated carbocycles. The van der Waals surface area contributed by atoms with Crippen molar-refractivity contribution in [3.8, 4) is 0 Å². The van der Waals surface area contributed by atoms with Gasteiger partial charge in [-0.15, -0.1) is 11.3 Å². The highest BCUT2D eigenvalue weighted by molar-refractivity contribution is 8.17. The van der Waals surface area contributed by atoms with Crippen LogP contribution in [0.2, 0.25) is 0 Å². The molecule has 0 radical (unpaired) electrons. The topological polar surface area (TPSA) is 58.4 Å². The highest BCUT2D eigenvalue weighted by Gasteiger charge is 2.27. The zero-order valence-electron chi connectivity index (χ0n) is 9.61. The Morgan fingerprint density at radius 1 is 1.53 bits per heavy atom. The molecule has 0 bridgehead atoms. The van der Waals surface area contributed by atoms with Crippen LogP contribution >= 0.6 is 11.3 Å². The molecule has 6 heteroatoms. The van der Waals surface area contributed by atoms with Gasteiger partial charge in [-0.1, -0.05) is 0 Å². The standard InChI is InChI=1S/C9H19N3OS2/c1-11-15(4,10,13)9-6-5-8(14-9)7-12(2)3/h5-6H,7H2,1-4H3,(H3,10,11,13). The maximum Gasteiger partial charge on any atom is 0.0946 e. The Morgan fingerprint density at radius 3 is 2.60 bits per heavy atom. The first-order chi connectivity index (χ1) is 6.73. The molecule has 0 saturated heterocycles. The van der Waals surface area contributed by atoms with Gasteiger partial charge in [0.2, 0.25) is 0 Å². The van der Waals surface area contributed by atoms with Gasteiger partial charge in [-0.05, 0) is 33.3 Å². The Kier molecular flexibility index (Phi) is 3.37. The first-order valence-corrected chi connectivity index (χ1v) is 7.86. The summed E-state index contributed by atoms with van der Waals surface area (Å²) in [7, 11) is 2.33. The zero-order chi connectivity index (χ0) is 11.7. The summed E-state index contributed by atoms with van der Waals surface area (Å²) < 4.78 is 15.8. The lowest BCUT2D eigenvalue weighted by atomic mass is 10.4. The maximum absolute atomic E-state index is 12.3. The third-order valence-corrected chi connectivity index (χ3v) is 6.62. The molecule has 0 aliphatic heterocycles. The van der Waals surface area contributed by atoms with Crippen LogP contribution in [0, 0.1) is 0 Å². The van der Waals surface area contributed by atoms with Gasteiger partial charge in [0.25, 0.3) is 0 Å². The molecule has 1 aromatic rings. The van der Waals surface area contributed by atoms with E-state index in [2.05, 4.69) is 9.62 Å². The molecule has 1 aromatic heterocycles. The molecular formula is C9H19N3OS2. The van der Waals surface area contributed by atoms with Crippen LogP contribution in [0.3, 0.4) is 0 Å². The largest absolute Gasteiger partial charge is 0.304 e. The summed E-state index contributed by atoms with van der Waals surface area (Å²) in [6.45, 7) is 0.845. The second-order valence-corrected chi connectivity index (χ2v) is 9.17. The Hall–Kier alpha value is -0.270. The Bertz CT molecular complexity index is 405. The molecule has 0 aliphatic rings. The van der Waals surface area contributed by atoms with E-state index in [1.807, 2.05) is 26.2 Å². The van der Waals surface area contributed by atoms with Gasteiger partial charge in [0.05, 0.1) is 4.21 Å². The minimum Gasteiger partial charge on any atom is -0.304 e. The fraction of sp³-hybridized carbons (Fsp3) is 0.556. The molecule has 1 rings (SSSR count). The number of hydrogen-bond donors (Lipinski definition) is 2. The molecule has 0 atom stereocenters. The number of nitrogens with two attached hydrogens (primary N) is 1. The van der Waals surface area contributed by atoms with Crippen molar-refractivity contribution < 1.29 is 4.21 Å². The quantitative estimate of drug-likeness (QED) is 0.822. The summed E-state index contributed by atoms with van der Waals surface area (Å²) in [6, 6.07) is 3.82. The van der Waals surface area contributed by atoms with E-state index < -0.39 is 9.44 Å². The minimum atomic E-state index is -3.30. The molecule has 15 heavy (non-hydrogen) atoms. The minimum absolute atomic E-state index is 0.714. The van der Waals surface area contributed by atoms with Gasteiger partial charge in [-0.25, -0.2) is 8.93 Å². The van der Waals surface area contributed by atoms with Crippen LogP contribution in [0.5, 0.6) is 0 Å². The molecule has 0 unspecified atom stereocenters. The van der Waals surface area contributed by atoms with Crippen molar-refractivity contribution in [2.45, 2.75) is 10.8 Å². The lowest BCUT2D eigenvalue weighted by Crippen LogP contribution is -2.51. The average Bonchev–Trinajstić information content (AvgIpc) is 2.52. The van der Waals surface area contributed by atoms with Crippen molar-refractivity contribution in [1.29, 1.82) is 0 Å². The monoisotopic (exact) mass is 249 g/mol. The van der Waals surface area contributed by atoms with Gasteiger partial charge in [-0.3, -0.25) is 5.14 Å². The van der Waals surface area contributed by atoms with E-state index >= 15 is 0 Å². The second kappa shape index (κ2) is 3.95. The predicted molar refractivity (Wildman–Crippen MR) is 67.3 cm³/mol. The fourth-order valence-electron chi connectivity index (χ4n) is 1.13. The van der Waals surface area contributed by atoms with E-state index in [1.54, 1.807) is 13.3 Å². The molecule has 0 fully saturated rings. The van der Waals surface area contributed by atoms with Crippen molar-refractivity contribution in [3.05, 3.63) is 17.0 Å². The van der Waals surface area contributed by atoms with Crippen molar-refractivity contribution in [2.75, 3.05) is 27.4 Å². The zero-order valence-corrected chi connectivity index (χ0v) is 11.2. The Labute approximate surface area is 95.1 Å². The third kappa shape index (κ3) is 3.09. The summed E-state index contributed by atoms with van der Waals surface area (Å²) in [5.74, 6) is 0. The molecule has 1 heterocycles. The van der Waals surface area contributed by atoms with Crippen molar-refractivity contribution >= 4 is 20.8 Å². The molecule has 0 spiro atoms. The summed E-state index contributed by atoms with van der Waals surface area (Å²) >= 11 is 1.50. The van der Waals surface area contributed by atoms with Crippen LogP contribution in [-0.4, -0.2) is 36.5 Å². The van der Waals surface area contributed by atoms with E-state index in [-0.39, 0.29) is 0 Å². The van der Waals surface area contributed by atoms with Crippen LogP contribution in [0.4, 0.5) is 0 Å². The van der Waals surface area contributed by atoms with Crippen LogP contribution < -0.4 is 9.86 Å². The molecule has 0 amide bonds. The first-order valence-electron chi connectivity index (χ1n) is 4.60.